The molecule has 2 fully saturated rings. The van der Waals surface area contributed by atoms with E-state index in [1.807, 2.05) is 12.1 Å². The summed E-state index contributed by atoms with van der Waals surface area (Å²) in [5, 5.41) is 19.1. The smallest absolute Gasteiger partial charge is 0.328 e. The molecule has 1 aliphatic heterocycles. The quantitative estimate of drug-likeness (QED) is 0.602. The molecule has 0 aromatic heterocycles. The molecule has 3 rings (SSSR count). The summed E-state index contributed by atoms with van der Waals surface area (Å²) in [5.41, 5.74) is 0.847. The summed E-state index contributed by atoms with van der Waals surface area (Å²) in [5.74, 6) is -1.76. The fraction of sp³-hybridized carbons (Fsp3) is 0.545. The van der Waals surface area contributed by atoms with Gasteiger partial charge in [-0.05, 0) is 37.8 Å². The SMILES string of the molecule is Fc1ccccc1CN(CC1CCCCC1)[C@H]1CCNC1.O=C(O)/C=C/C(=O)O. The van der Waals surface area contributed by atoms with Crippen LogP contribution in [0, 0.1) is 11.7 Å². The van der Waals surface area contributed by atoms with Crippen molar-refractivity contribution in [2.45, 2.75) is 51.1 Å². The third kappa shape index (κ3) is 8.75. The maximum absolute atomic E-state index is 14.0. The average Bonchev–Trinajstić information content (AvgIpc) is 3.24. The van der Waals surface area contributed by atoms with Crippen LogP contribution >= 0.6 is 0 Å². The Hall–Kier alpha value is -2.25. The summed E-state index contributed by atoms with van der Waals surface area (Å²) in [7, 11) is 0. The van der Waals surface area contributed by atoms with Gasteiger partial charge in [0, 0.05) is 43.4 Å². The predicted octanol–water partition coefficient (Wildman–Crippen LogP) is 3.28. The summed E-state index contributed by atoms with van der Waals surface area (Å²) in [6, 6.07) is 7.82. The summed E-state index contributed by atoms with van der Waals surface area (Å²) in [6.07, 6.45) is 9.17. The minimum atomic E-state index is -1.26. The van der Waals surface area contributed by atoms with Crippen LogP contribution in [0.25, 0.3) is 0 Å². The highest BCUT2D eigenvalue weighted by atomic mass is 19.1. The van der Waals surface area contributed by atoms with Gasteiger partial charge in [0.05, 0.1) is 0 Å². The predicted molar refractivity (Wildman–Crippen MR) is 109 cm³/mol. The van der Waals surface area contributed by atoms with Crippen molar-refractivity contribution >= 4 is 11.9 Å². The molecule has 0 bridgehead atoms. The molecule has 29 heavy (non-hydrogen) atoms. The zero-order valence-corrected chi connectivity index (χ0v) is 16.7. The topological polar surface area (TPSA) is 89.9 Å². The summed E-state index contributed by atoms with van der Waals surface area (Å²) < 4.78 is 14.0. The van der Waals surface area contributed by atoms with E-state index in [4.69, 9.17) is 10.2 Å². The summed E-state index contributed by atoms with van der Waals surface area (Å²) >= 11 is 0. The van der Waals surface area contributed by atoms with Crippen LogP contribution < -0.4 is 5.32 Å². The van der Waals surface area contributed by atoms with E-state index in [1.54, 1.807) is 12.1 Å². The number of aliphatic carboxylic acids is 2. The highest BCUT2D eigenvalue weighted by Crippen LogP contribution is 2.27. The minimum Gasteiger partial charge on any atom is -0.478 e. The second kappa shape index (κ2) is 12.3. The highest BCUT2D eigenvalue weighted by molar-refractivity contribution is 5.89. The van der Waals surface area contributed by atoms with E-state index in [0.717, 1.165) is 37.7 Å². The molecule has 160 valence electrons. The van der Waals surface area contributed by atoms with Crippen molar-refractivity contribution in [1.29, 1.82) is 0 Å². The van der Waals surface area contributed by atoms with Gasteiger partial charge in [-0.2, -0.15) is 0 Å². The third-order valence-electron chi connectivity index (χ3n) is 5.47. The first-order valence-corrected chi connectivity index (χ1v) is 10.3. The van der Waals surface area contributed by atoms with E-state index in [1.165, 1.54) is 38.5 Å². The van der Waals surface area contributed by atoms with Crippen LogP contribution in [0.3, 0.4) is 0 Å². The Balaban J connectivity index is 0.000000321. The van der Waals surface area contributed by atoms with Crippen molar-refractivity contribution in [3.05, 3.63) is 47.8 Å². The van der Waals surface area contributed by atoms with Gasteiger partial charge in [0.1, 0.15) is 5.82 Å². The second-order valence-corrected chi connectivity index (χ2v) is 7.68. The molecule has 1 saturated carbocycles. The Morgan fingerprint density at radius 2 is 1.72 bits per heavy atom. The largest absolute Gasteiger partial charge is 0.478 e. The molecule has 2 aliphatic rings. The molecule has 6 nitrogen and oxygen atoms in total. The molecule has 0 amide bonds. The van der Waals surface area contributed by atoms with Crippen LogP contribution in [0.5, 0.6) is 0 Å². The third-order valence-corrected chi connectivity index (χ3v) is 5.47. The standard InChI is InChI=1S/C18H27FN2.C4H4O4/c19-18-9-5-4-8-16(18)14-21(17-10-11-20-12-17)13-15-6-2-1-3-7-15;5-3(6)1-2-4(7)8/h4-5,8-9,15,17,20H,1-3,6-7,10-14H2;1-2H,(H,5,6)(H,7,8)/b;2-1+/t17-;/m0./s1. The fourth-order valence-electron chi connectivity index (χ4n) is 3.98. The molecule has 1 aromatic rings. The summed E-state index contributed by atoms with van der Waals surface area (Å²) in [6.45, 7) is 4.06. The lowest BCUT2D eigenvalue weighted by molar-refractivity contribution is -0.134. The molecular formula is C22H31FN2O4. The van der Waals surface area contributed by atoms with Gasteiger partial charge in [-0.3, -0.25) is 4.90 Å². The van der Waals surface area contributed by atoms with E-state index >= 15 is 0 Å². The van der Waals surface area contributed by atoms with Crippen LogP contribution in [0.4, 0.5) is 4.39 Å². The van der Waals surface area contributed by atoms with Crippen molar-refractivity contribution in [3.8, 4) is 0 Å². The first-order valence-electron chi connectivity index (χ1n) is 10.3. The molecule has 0 radical (unpaired) electrons. The van der Waals surface area contributed by atoms with Crippen molar-refractivity contribution in [1.82, 2.24) is 10.2 Å². The highest BCUT2D eigenvalue weighted by Gasteiger charge is 2.26. The normalized spacial score (nSPS) is 19.9. The lowest BCUT2D eigenvalue weighted by Crippen LogP contribution is -2.40. The van der Waals surface area contributed by atoms with Crippen LogP contribution in [0.15, 0.2) is 36.4 Å². The Bertz CT molecular complexity index is 667. The Morgan fingerprint density at radius 3 is 2.28 bits per heavy atom. The first-order chi connectivity index (χ1) is 14.0. The minimum absolute atomic E-state index is 0.0582. The monoisotopic (exact) mass is 406 g/mol. The Labute approximate surface area is 171 Å². The first kappa shape index (κ1) is 23.0. The van der Waals surface area contributed by atoms with E-state index in [0.29, 0.717) is 18.2 Å². The maximum atomic E-state index is 14.0. The molecule has 0 unspecified atom stereocenters. The number of nitrogens with zero attached hydrogens (tertiary/aromatic N) is 1. The molecule has 3 N–H and O–H groups in total. The number of hydrogen-bond acceptors (Lipinski definition) is 4. The number of rotatable bonds is 7. The van der Waals surface area contributed by atoms with Crippen molar-refractivity contribution < 1.29 is 24.2 Å². The van der Waals surface area contributed by atoms with Crippen LogP contribution in [0.2, 0.25) is 0 Å². The zero-order valence-electron chi connectivity index (χ0n) is 16.7. The van der Waals surface area contributed by atoms with Gasteiger partial charge in [0.15, 0.2) is 0 Å². The van der Waals surface area contributed by atoms with Gasteiger partial charge < -0.3 is 15.5 Å². The molecule has 0 spiro atoms. The van der Waals surface area contributed by atoms with Crippen molar-refractivity contribution in [2.24, 2.45) is 5.92 Å². The lowest BCUT2D eigenvalue weighted by atomic mass is 9.88. The second-order valence-electron chi connectivity index (χ2n) is 7.68. The van der Waals surface area contributed by atoms with Crippen molar-refractivity contribution in [3.63, 3.8) is 0 Å². The molecule has 1 aliphatic carbocycles. The van der Waals surface area contributed by atoms with Gasteiger partial charge in [-0.1, -0.05) is 37.5 Å². The van der Waals surface area contributed by atoms with Crippen LogP contribution in [-0.2, 0) is 16.1 Å². The van der Waals surface area contributed by atoms with E-state index in [2.05, 4.69) is 10.2 Å². The maximum Gasteiger partial charge on any atom is 0.328 e. The zero-order chi connectivity index (χ0) is 21.1. The molecule has 1 heterocycles. The summed E-state index contributed by atoms with van der Waals surface area (Å²) in [4.78, 5) is 21.6. The number of carbonyl (C=O) groups is 2. The van der Waals surface area contributed by atoms with Crippen molar-refractivity contribution in [2.75, 3.05) is 19.6 Å². The number of benzene rings is 1. The Kier molecular flexibility index (Phi) is 9.80. The van der Waals surface area contributed by atoms with Gasteiger partial charge in [0.2, 0.25) is 0 Å². The van der Waals surface area contributed by atoms with Gasteiger partial charge in [-0.15, -0.1) is 0 Å². The molecule has 1 saturated heterocycles. The Morgan fingerprint density at radius 1 is 1.07 bits per heavy atom. The number of carboxylic acid groups (broad SMARTS) is 2. The van der Waals surface area contributed by atoms with Crippen LogP contribution in [-0.4, -0.2) is 52.7 Å². The lowest BCUT2D eigenvalue weighted by Gasteiger charge is -2.33. The number of nitrogens with one attached hydrogen (secondary N) is 1. The van der Waals surface area contributed by atoms with Gasteiger partial charge >= 0.3 is 11.9 Å². The van der Waals surface area contributed by atoms with E-state index in [-0.39, 0.29) is 5.82 Å². The van der Waals surface area contributed by atoms with Gasteiger partial charge in [0.25, 0.3) is 0 Å². The van der Waals surface area contributed by atoms with Gasteiger partial charge in [-0.25, -0.2) is 14.0 Å². The van der Waals surface area contributed by atoms with Crippen LogP contribution in [0.1, 0.15) is 44.1 Å². The number of carboxylic acids is 2. The molecular weight excluding hydrogens is 375 g/mol. The molecule has 1 atom stereocenters. The number of hydrogen-bond donors (Lipinski definition) is 3. The van der Waals surface area contributed by atoms with E-state index in [9.17, 15) is 14.0 Å². The molecule has 7 heteroatoms. The average molecular weight is 406 g/mol. The number of halogens is 1. The van der Waals surface area contributed by atoms with E-state index < -0.39 is 11.9 Å². The molecule has 1 aromatic carbocycles. The fourth-order valence-corrected chi connectivity index (χ4v) is 3.98.